The molecule has 0 saturated heterocycles. The van der Waals surface area contributed by atoms with Crippen LogP contribution in [0.2, 0.25) is 0 Å². The van der Waals surface area contributed by atoms with E-state index in [1.54, 1.807) is 0 Å². The fourth-order valence-corrected chi connectivity index (χ4v) is 2.61. The average Bonchev–Trinajstić information content (AvgIpc) is 2.92. The molecular formula is C14H14N2OS. The highest BCUT2D eigenvalue weighted by atomic mass is 32.2. The second-order valence-corrected chi connectivity index (χ2v) is 5.41. The maximum atomic E-state index is 4.95. The number of hydrogen-bond donors (Lipinski definition) is 1. The first-order chi connectivity index (χ1) is 8.68. The van der Waals surface area contributed by atoms with E-state index in [2.05, 4.69) is 66.2 Å². The second-order valence-electron chi connectivity index (χ2n) is 4.89. The SMILES string of the molecule is CC(C)(C1=NOSN1)c1ccc2ccccc2c1. The van der Waals surface area contributed by atoms with Gasteiger partial charge < -0.3 is 0 Å². The molecule has 0 saturated carbocycles. The van der Waals surface area contributed by atoms with Crippen molar-refractivity contribution in [1.82, 2.24) is 4.72 Å². The number of hydrogen-bond acceptors (Lipinski definition) is 4. The summed E-state index contributed by atoms with van der Waals surface area (Å²) in [4.78, 5) is 0. The zero-order chi connectivity index (χ0) is 12.6. The van der Waals surface area contributed by atoms with Crippen molar-refractivity contribution in [2.24, 2.45) is 5.16 Å². The summed E-state index contributed by atoms with van der Waals surface area (Å²) in [7, 11) is 0. The Morgan fingerprint density at radius 3 is 2.61 bits per heavy atom. The Morgan fingerprint density at radius 1 is 1.11 bits per heavy atom. The predicted octanol–water partition coefficient (Wildman–Crippen LogP) is 3.61. The highest BCUT2D eigenvalue weighted by molar-refractivity contribution is 7.93. The van der Waals surface area contributed by atoms with E-state index in [4.69, 9.17) is 4.28 Å². The minimum absolute atomic E-state index is 0.187. The van der Waals surface area contributed by atoms with Crippen LogP contribution in [0, 0.1) is 0 Å². The van der Waals surface area contributed by atoms with Gasteiger partial charge in [0.2, 0.25) is 12.2 Å². The zero-order valence-electron chi connectivity index (χ0n) is 10.3. The van der Waals surface area contributed by atoms with E-state index in [0.717, 1.165) is 18.1 Å². The first-order valence-corrected chi connectivity index (χ1v) is 6.58. The van der Waals surface area contributed by atoms with Gasteiger partial charge in [0.15, 0.2) is 5.84 Å². The molecule has 18 heavy (non-hydrogen) atoms. The summed E-state index contributed by atoms with van der Waals surface area (Å²) in [6, 6.07) is 14.9. The number of nitrogens with zero attached hydrogens (tertiary/aromatic N) is 1. The molecule has 0 aromatic heterocycles. The van der Waals surface area contributed by atoms with Gasteiger partial charge in [0.05, 0.1) is 5.41 Å². The lowest BCUT2D eigenvalue weighted by Crippen LogP contribution is -2.34. The van der Waals surface area contributed by atoms with Gasteiger partial charge in [-0.2, -0.15) is 0 Å². The molecule has 0 bridgehead atoms. The first-order valence-electron chi connectivity index (χ1n) is 5.84. The van der Waals surface area contributed by atoms with Gasteiger partial charge in [0.25, 0.3) is 0 Å². The molecule has 0 atom stereocenters. The Labute approximate surface area is 111 Å². The van der Waals surface area contributed by atoms with Crippen LogP contribution in [0.3, 0.4) is 0 Å². The average molecular weight is 258 g/mol. The van der Waals surface area contributed by atoms with Gasteiger partial charge in [-0.25, -0.2) is 0 Å². The lowest BCUT2D eigenvalue weighted by Gasteiger charge is -2.23. The maximum absolute atomic E-state index is 4.95. The molecule has 0 aliphatic carbocycles. The molecule has 1 aliphatic rings. The topological polar surface area (TPSA) is 33.6 Å². The Kier molecular flexibility index (Phi) is 2.67. The van der Waals surface area contributed by atoms with Crippen LogP contribution in [-0.4, -0.2) is 5.84 Å². The second kappa shape index (κ2) is 4.21. The van der Waals surface area contributed by atoms with Crippen LogP contribution in [0.5, 0.6) is 0 Å². The summed E-state index contributed by atoms with van der Waals surface area (Å²) in [5.41, 5.74) is 1.03. The Hall–Kier alpha value is -1.68. The van der Waals surface area contributed by atoms with Crippen LogP contribution in [0.4, 0.5) is 0 Å². The fourth-order valence-electron chi connectivity index (χ4n) is 2.09. The lowest BCUT2D eigenvalue weighted by atomic mass is 9.82. The molecular weight excluding hydrogens is 244 g/mol. The summed E-state index contributed by atoms with van der Waals surface area (Å²) in [6.07, 6.45) is 0. The molecule has 3 nitrogen and oxygen atoms in total. The van der Waals surface area contributed by atoms with Crippen LogP contribution < -0.4 is 4.72 Å². The summed E-state index contributed by atoms with van der Waals surface area (Å²) < 4.78 is 8.03. The van der Waals surface area contributed by atoms with Crippen molar-refractivity contribution in [2.75, 3.05) is 0 Å². The molecule has 2 aromatic carbocycles. The molecule has 2 aromatic rings. The molecule has 1 aliphatic heterocycles. The van der Waals surface area contributed by atoms with Gasteiger partial charge in [-0.3, -0.25) is 9.01 Å². The standard InChI is InChI=1S/C14H14N2OS/c1-14(2,13-15-17-18-16-13)12-8-7-10-5-3-4-6-11(10)9-12/h3-9H,1-2H3,(H,15,16). The summed E-state index contributed by atoms with van der Waals surface area (Å²) >= 11 is 1.15. The van der Waals surface area contributed by atoms with Gasteiger partial charge in [-0.15, -0.1) is 0 Å². The molecule has 4 heteroatoms. The molecule has 0 amide bonds. The van der Waals surface area contributed by atoms with Crippen molar-refractivity contribution in [3.63, 3.8) is 0 Å². The molecule has 0 radical (unpaired) electrons. The van der Waals surface area contributed by atoms with E-state index < -0.39 is 0 Å². The summed E-state index contributed by atoms with van der Waals surface area (Å²) in [5.74, 6) is 0.850. The normalized spacial score (nSPS) is 15.1. The van der Waals surface area contributed by atoms with Crippen LogP contribution in [0.25, 0.3) is 10.8 Å². The van der Waals surface area contributed by atoms with E-state index in [-0.39, 0.29) is 5.41 Å². The minimum atomic E-state index is -0.187. The Morgan fingerprint density at radius 2 is 1.89 bits per heavy atom. The third-order valence-corrected chi connectivity index (χ3v) is 3.79. The van der Waals surface area contributed by atoms with Crippen LogP contribution in [-0.2, 0) is 9.70 Å². The van der Waals surface area contributed by atoms with Crippen molar-refractivity contribution in [3.8, 4) is 0 Å². The molecule has 1 N–H and O–H groups in total. The van der Waals surface area contributed by atoms with Gasteiger partial charge in [-0.05, 0) is 30.2 Å². The van der Waals surface area contributed by atoms with E-state index >= 15 is 0 Å². The van der Waals surface area contributed by atoms with Crippen molar-refractivity contribution in [3.05, 3.63) is 48.0 Å². The lowest BCUT2D eigenvalue weighted by molar-refractivity contribution is 0.411. The van der Waals surface area contributed by atoms with Crippen LogP contribution in [0.1, 0.15) is 19.4 Å². The number of oxime groups is 1. The van der Waals surface area contributed by atoms with Gasteiger partial charge >= 0.3 is 0 Å². The van der Waals surface area contributed by atoms with Crippen molar-refractivity contribution >= 4 is 28.8 Å². The number of rotatable bonds is 2. The molecule has 0 fully saturated rings. The third kappa shape index (κ3) is 1.82. The highest BCUT2D eigenvalue weighted by Gasteiger charge is 2.31. The quantitative estimate of drug-likeness (QED) is 0.660. The van der Waals surface area contributed by atoms with Crippen molar-refractivity contribution in [1.29, 1.82) is 0 Å². The highest BCUT2D eigenvalue weighted by Crippen LogP contribution is 2.30. The number of benzene rings is 2. The summed E-state index contributed by atoms with van der Waals surface area (Å²) in [6.45, 7) is 4.27. The molecule has 0 unspecified atom stereocenters. The van der Waals surface area contributed by atoms with E-state index in [1.807, 2.05) is 0 Å². The number of fused-ring (bicyclic) bond motifs is 1. The minimum Gasteiger partial charge on any atom is -0.297 e. The van der Waals surface area contributed by atoms with E-state index in [0.29, 0.717) is 0 Å². The predicted molar refractivity (Wildman–Crippen MR) is 76.2 cm³/mol. The van der Waals surface area contributed by atoms with Crippen molar-refractivity contribution < 1.29 is 4.28 Å². The van der Waals surface area contributed by atoms with Gasteiger partial charge in [0, 0.05) is 0 Å². The number of amidine groups is 1. The largest absolute Gasteiger partial charge is 0.297 e. The van der Waals surface area contributed by atoms with Gasteiger partial charge in [0.1, 0.15) is 0 Å². The van der Waals surface area contributed by atoms with Gasteiger partial charge in [-0.1, -0.05) is 47.6 Å². The molecule has 3 rings (SSSR count). The first kappa shape index (κ1) is 11.4. The monoisotopic (exact) mass is 258 g/mol. The number of nitrogens with one attached hydrogen (secondary N) is 1. The molecule has 0 spiro atoms. The van der Waals surface area contributed by atoms with Crippen LogP contribution >= 0.6 is 12.2 Å². The fraction of sp³-hybridized carbons (Fsp3) is 0.214. The Bertz CT molecular complexity index is 622. The van der Waals surface area contributed by atoms with E-state index in [1.165, 1.54) is 16.3 Å². The third-order valence-electron chi connectivity index (χ3n) is 3.37. The smallest absolute Gasteiger partial charge is 0.208 e. The maximum Gasteiger partial charge on any atom is 0.208 e. The summed E-state index contributed by atoms with van der Waals surface area (Å²) in [5, 5.41) is 6.53. The van der Waals surface area contributed by atoms with E-state index in [9.17, 15) is 0 Å². The van der Waals surface area contributed by atoms with Crippen LogP contribution in [0.15, 0.2) is 47.6 Å². The molecule has 92 valence electrons. The molecule has 1 heterocycles. The Balaban J connectivity index is 2.08. The zero-order valence-corrected chi connectivity index (χ0v) is 11.1. The van der Waals surface area contributed by atoms with Crippen molar-refractivity contribution in [2.45, 2.75) is 19.3 Å².